The van der Waals surface area contributed by atoms with E-state index in [1.165, 1.54) is 6.92 Å². The number of nitrogens with one attached hydrogen (secondary N) is 1. The van der Waals surface area contributed by atoms with Crippen LogP contribution in [-0.4, -0.2) is 34.5 Å². The maximum absolute atomic E-state index is 13.0. The number of H-pyrrole nitrogens is 1. The molecule has 1 aliphatic rings. The smallest absolute Gasteiger partial charge is 0.361 e. The third-order valence-electron chi connectivity index (χ3n) is 5.01. The molecular formula is C20H20ClN3O4. The SMILES string of the molecule is CC(=O)c1ccc2n(c1=O)[C@H](COC(=O)C[NH3+])Cc1c-2[nH]c2ccccc12.[Cl-]. The molecule has 28 heavy (non-hydrogen) atoms. The molecule has 4 rings (SSSR count). The van der Waals surface area contributed by atoms with Crippen LogP contribution in [0.15, 0.2) is 41.2 Å². The fraction of sp³-hybridized carbons (Fsp3) is 0.250. The number of ether oxygens (including phenoxy) is 1. The second kappa shape index (κ2) is 7.61. The molecule has 0 bridgehead atoms. The molecule has 0 spiro atoms. The molecule has 4 N–H and O–H groups in total. The highest BCUT2D eigenvalue weighted by Crippen LogP contribution is 2.37. The molecule has 7 nitrogen and oxygen atoms in total. The largest absolute Gasteiger partial charge is 1.00 e. The van der Waals surface area contributed by atoms with Crippen molar-refractivity contribution < 1.29 is 32.5 Å². The molecule has 3 aromatic rings. The van der Waals surface area contributed by atoms with Gasteiger partial charge in [0.2, 0.25) is 0 Å². The van der Waals surface area contributed by atoms with Crippen molar-refractivity contribution in [2.45, 2.75) is 19.4 Å². The number of hydrogen-bond acceptors (Lipinski definition) is 4. The number of ketones is 1. The average molecular weight is 402 g/mol. The van der Waals surface area contributed by atoms with Gasteiger partial charge in [-0.15, -0.1) is 0 Å². The zero-order chi connectivity index (χ0) is 19.1. The Morgan fingerprint density at radius 2 is 2.00 bits per heavy atom. The number of carbonyl (C=O) groups excluding carboxylic acids is 2. The Morgan fingerprint density at radius 3 is 2.71 bits per heavy atom. The molecule has 0 saturated heterocycles. The number of esters is 1. The summed E-state index contributed by atoms with van der Waals surface area (Å²) in [6, 6.07) is 10.9. The van der Waals surface area contributed by atoms with E-state index >= 15 is 0 Å². The first kappa shape index (κ1) is 19.9. The average Bonchev–Trinajstić information content (AvgIpc) is 3.04. The monoisotopic (exact) mass is 401 g/mol. The van der Waals surface area contributed by atoms with Gasteiger partial charge in [0, 0.05) is 10.9 Å². The van der Waals surface area contributed by atoms with Crippen molar-refractivity contribution in [2.24, 2.45) is 0 Å². The maximum atomic E-state index is 13.0. The molecule has 8 heteroatoms. The minimum Gasteiger partial charge on any atom is -1.00 e. The zero-order valence-corrected chi connectivity index (χ0v) is 16.1. The third kappa shape index (κ3) is 3.12. The Labute approximate surface area is 166 Å². The van der Waals surface area contributed by atoms with Gasteiger partial charge in [0.1, 0.15) is 6.61 Å². The number of quaternary nitrogens is 1. The molecule has 1 aliphatic heterocycles. The van der Waals surface area contributed by atoms with E-state index in [9.17, 15) is 14.4 Å². The summed E-state index contributed by atoms with van der Waals surface area (Å²) in [5.74, 6) is -0.705. The minimum absolute atomic E-state index is 0. The molecule has 146 valence electrons. The number of aromatic nitrogens is 2. The lowest BCUT2D eigenvalue weighted by Gasteiger charge is -2.28. The fourth-order valence-electron chi connectivity index (χ4n) is 3.74. The lowest BCUT2D eigenvalue weighted by Crippen LogP contribution is -3.00. The minimum atomic E-state index is -0.419. The van der Waals surface area contributed by atoms with E-state index in [4.69, 9.17) is 4.74 Å². The van der Waals surface area contributed by atoms with Crippen molar-refractivity contribution in [1.82, 2.24) is 9.55 Å². The summed E-state index contributed by atoms with van der Waals surface area (Å²) in [5, 5.41) is 1.08. The number of halogens is 1. The number of carbonyl (C=O) groups is 2. The number of benzene rings is 1. The first-order chi connectivity index (χ1) is 13.0. The summed E-state index contributed by atoms with van der Waals surface area (Å²) in [7, 11) is 0. The Morgan fingerprint density at radius 1 is 1.25 bits per heavy atom. The van der Waals surface area contributed by atoms with Gasteiger partial charge in [-0.1, -0.05) is 18.2 Å². The molecule has 0 amide bonds. The molecule has 3 heterocycles. The van der Waals surface area contributed by atoms with E-state index in [1.54, 1.807) is 16.7 Å². The van der Waals surface area contributed by atoms with Crippen LogP contribution in [0, 0.1) is 0 Å². The predicted molar refractivity (Wildman–Crippen MR) is 99.5 cm³/mol. The number of para-hydroxylation sites is 1. The van der Waals surface area contributed by atoms with Gasteiger partial charge >= 0.3 is 5.97 Å². The summed E-state index contributed by atoms with van der Waals surface area (Å²) in [6.45, 7) is 1.46. The van der Waals surface area contributed by atoms with Gasteiger partial charge in [-0.3, -0.25) is 14.2 Å². The summed E-state index contributed by atoms with van der Waals surface area (Å²) in [5.41, 5.74) is 6.91. The maximum Gasteiger partial charge on any atom is 0.361 e. The van der Waals surface area contributed by atoms with Crippen LogP contribution in [0.1, 0.15) is 28.9 Å². The van der Waals surface area contributed by atoms with Gasteiger partial charge in [-0.2, -0.15) is 0 Å². The van der Waals surface area contributed by atoms with E-state index in [0.29, 0.717) is 12.1 Å². The fourth-order valence-corrected chi connectivity index (χ4v) is 3.74. The van der Waals surface area contributed by atoms with Crippen LogP contribution >= 0.6 is 0 Å². The number of nitrogens with zero attached hydrogens (tertiary/aromatic N) is 1. The van der Waals surface area contributed by atoms with E-state index in [1.807, 2.05) is 24.3 Å². The lowest BCUT2D eigenvalue weighted by molar-refractivity contribution is -0.359. The zero-order valence-electron chi connectivity index (χ0n) is 15.3. The Hall–Kier alpha value is -2.90. The molecule has 1 aromatic carbocycles. The van der Waals surface area contributed by atoms with Crippen molar-refractivity contribution in [3.8, 4) is 11.4 Å². The Bertz CT molecular complexity index is 1130. The summed E-state index contributed by atoms with van der Waals surface area (Å²) < 4.78 is 6.86. The normalized spacial score (nSPS) is 14.7. The number of aromatic amines is 1. The standard InChI is InChI=1S/C20H19N3O4.ClH/c1-11(24)13-6-7-17-19-15(14-4-2-3-5-16(14)22-19)8-12(23(17)20(13)26)10-27-18(25)9-21;/h2-7,12,22H,8-10,21H2,1H3;1H/t12-;/m0./s1. The van der Waals surface area contributed by atoms with Crippen molar-refractivity contribution in [3.05, 3.63) is 57.9 Å². The Balaban J connectivity index is 0.00000225. The van der Waals surface area contributed by atoms with Crippen molar-refractivity contribution in [3.63, 3.8) is 0 Å². The number of Topliss-reactive ketones (excluding diaryl/α,β-unsaturated/α-hetero) is 1. The molecule has 2 aromatic heterocycles. The quantitative estimate of drug-likeness (QED) is 0.392. The Kier molecular flexibility index (Phi) is 5.40. The first-order valence-electron chi connectivity index (χ1n) is 8.82. The number of hydrogen-bond donors (Lipinski definition) is 2. The molecular weight excluding hydrogens is 382 g/mol. The van der Waals surface area contributed by atoms with Crippen LogP contribution in [-0.2, 0) is 16.0 Å². The molecule has 1 atom stereocenters. The number of rotatable bonds is 4. The van der Waals surface area contributed by atoms with Crippen LogP contribution in [0.5, 0.6) is 0 Å². The number of pyridine rings is 1. The highest BCUT2D eigenvalue weighted by Gasteiger charge is 2.30. The summed E-state index contributed by atoms with van der Waals surface area (Å²) in [6.07, 6.45) is 0.526. The van der Waals surface area contributed by atoms with Crippen LogP contribution in [0.4, 0.5) is 0 Å². The van der Waals surface area contributed by atoms with E-state index in [0.717, 1.165) is 22.2 Å². The van der Waals surface area contributed by atoms with Gasteiger partial charge in [0.05, 0.1) is 23.0 Å². The van der Waals surface area contributed by atoms with Crippen LogP contribution < -0.4 is 23.7 Å². The molecule has 0 fully saturated rings. The first-order valence-corrected chi connectivity index (χ1v) is 8.82. The van der Waals surface area contributed by atoms with Gasteiger partial charge in [0.15, 0.2) is 12.3 Å². The number of fused-ring (bicyclic) bond motifs is 5. The molecule has 0 radical (unpaired) electrons. The van der Waals surface area contributed by atoms with Crippen molar-refractivity contribution in [1.29, 1.82) is 0 Å². The van der Waals surface area contributed by atoms with Gasteiger partial charge in [-0.05, 0) is 37.1 Å². The highest BCUT2D eigenvalue weighted by molar-refractivity contribution is 5.95. The van der Waals surface area contributed by atoms with Crippen LogP contribution in [0.3, 0.4) is 0 Å². The predicted octanol–water partition coefficient (Wildman–Crippen LogP) is -1.91. The van der Waals surface area contributed by atoms with E-state index < -0.39 is 5.97 Å². The van der Waals surface area contributed by atoms with Gasteiger partial charge in [-0.25, -0.2) is 4.79 Å². The second-order valence-electron chi connectivity index (χ2n) is 6.68. The van der Waals surface area contributed by atoms with Gasteiger partial charge in [0.25, 0.3) is 5.56 Å². The topological polar surface area (TPSA) is 109 Å². The van der Waals surface area contributed by atoms with E-state index in [-0.39, 0.29) is 48.5 Å². The second-order valence-corrected chi connectivity index (χ2v) is 6.68. The third-order valence-corrected chi connectivity index (χ3v) is 5.01. The van der Waals surface area contributed by atoms with Gasteiger partial charge < -0.3 is 27.9 Å². The highest BCUT2D eigenvalue weighted by atomic mass is 35.5. The van der Waals surface area contributed by atoms with Crippen LogP contribution in [0.2, 0.25) is 0 Å². The van der Waals surface area contributed by atoms with E-state index in [2.05, 4.69) is 10.7 Å². The summed E-state index contributed by atoms with van der Waals surface area (Å²) in [4.78, 5) is 39.8. The van der Waals surface area contributed by atoms with Crippen molar-refractivity contribution in [2.75, 3.05) is 13.2 Å². The molecule has 0 unspecified atom stereocenters. The molecule has 0 aliphatic carbocycles. The summed E-state index contributed by atoms with van der Waals surface area (Å²) >= 11 is 0. The molecule has 0 saturated carbocycles. The van der Waals surface area contributed by atoms with Crippen LogP contribution in [0.25, 0.3) is 22.3 Å². The lowest BCUT2D eigenvalue weighted by atomic mass is 9.95. The van der Waals surface area contributed by atoms with Crippen molar-refractivity contribution >= 4 is 22.7 Å².